The SMILES string of the molecule is CC1CN(C(=O)COc2ccccc2C(F)(F)F)CCO1. The van der Waals surface area contributed by atoms with Gasteiger partial charge in [0.25, 0.3) is 5.91 Å². The third kappa shape index (κ3) is 4.10. The van der Waals surface area contributed by atoms with Gasteiger partial charge < -0.3 is 14.4 Å². The van der Waals surface area contributed by atoms with Gasteiger partial charge in [-0.2, -0.15) is 13.2 Å². The standard InChI is InChI=1S/C14H16F3NO3/c1-10-8-18(6-7-20-10)13(19)9-21-12-5-3-2-4-11(12)14(15,16)17/h2-5,10H,6-9H2,1H3. The number of carbonyl (C=O) groups excluding carboxylic acids is 1. The molecular weight excluding hydrogens is 287 g/mol. The summed E-state index contributed by atoms with van der Waals surface area (Å²) in [6.45, 7) is 2.68. The van der Waals surface area contributed by atoms with Gasteiger partial charge in [-0.15, -0.1) is 0 Å². The van der Waals surface area contributed by atoms with Crippen molar-refractivity contribution in [2.45, 2.75) is 19.2 Å². The molecule has 0 bridgehead atoms. The van der Waals surface area contributed by atoms with Crippen molar-refractivity contribution in [2.75, 3.05) is 26.3 Å². The van der Waals surface area contributed by atoms with E-state index in [1.54, 1.807) is 0 Å². The largest absolute Gasteiger partial charge is 0.483 e. The van der Waals surface area contributed by atoms with Crippen LogP contribution in [0.4, 0.5) is 13.2 Å². The van der Waals surface area contributed by atoms with Crippen LogP contribution in [0.3, 0.4) is 0 Å². The van der Waals surface area contributed by atoms with Gasteiger partial charge in [-0.1, -0.05) is 12.1 Å². The first kappa shape index (κ1) is 15.6. The zero-order valence-electron chi connectivity index (χ0n) is 11.5. The summed E-state index contributed by atoms with van der Waals surface area (Å²) >= 11 is 0. The average Bonchev–Trinajstić information content (AvgIpc) is 2.44. The van der Waals surface area contributed by atoms with Crippen molar-refractivity contribution in [1.29, 1.82) is 0 Å². The van der Waals surface area contributed by atoms with E-state index in [0.29, 0.717) is 19.7 Å². The molecule has 0 aliphatic carbocycles. The van der Waals surface area contributed by atoms with E-state index < -0.39 is 18.3 Å². The molecule has 0 N–H and O–H groups in total. The van der Waals surface area contributed by atoms with E-state index >= 15 is 0 Å². The summed E-state index contributed by atoms with van der Waals surface area (Å²) in [5.41, 5.74) is -0.881. The Hall–Kier alpha value is -1.76. The predicted molar refractivity (Wildman–Crippen MR) is 68.9 cm³/mol. The number of benzene rings is 1. The molecule has 0 aromatic heterocycles. The summed E-state index contributed by atoms with van der Waals surface area (Å²) in [6.07, 6.45) is -4.59. The second-order valence-corrected chi connectivity index (χ2v) is 4.80. The summed E-state index contributed by atoms with van der Waals surface area (Å²) in [4.78, 5) is 13.5. The minimum absolute atomic E-state index is 0.0786. The van der Waals surface area contributed by atoms with E-state index in [1.165, 1.54) is 23.1 Å². The predicted octanol–water partition coefficient (Wildman–Crippen LogP) is 2.33. The van der Waals surface area contributed by atoms with Crippen LogP contribution in [0.15, 0.2) is 24.3 Å². The highest BCUT2D eigenvalue weighted by Crippen LogP contribution is 2.35. The molecule has 1 amide bonds. The molecule has 1 fully saturated rings. The van der Waals surface area contributed by atoms with Gasteiger partial charge in [0.05, 0.1) is 18.3 Å². The number of hydrogen-bond acceptors (Lipinski definition) is 3. The lowest BCUT2D eigenvalue weighted by molar-refractivity contribution is -0.143. The van der Waals surface area contributed by atoms with Crippen molar-refractivity contribution in [1.82, 2.24) is 4.90 Å². The first-order chi connectivity index (χ1) is 9.88. The topological polar surface area (TPSA) is 38.8 Å². The average molecular weight is 303 g/mol. The Kier molecular flexibility index (Phi) is 4.72. The first-order valence-corrected chi connectivity index (χ1v) is 6.56. The van der Waals surface area contributed by atoms with Crippen LogP contribution in [0.5, 0.6) is 5.75 Å². The summed E-state index contributed by atoms with van der Waals surface area (Å²) in [7, 11) is 0. The summed E-state index contributed by atoms with van der Waals surface area (Å²) in [6, 6.07) is 4.85. The molecule has 1 aromatic rings. The van der Waals surface area contributed by atoms with Crippen molar-refractivity contribution >= 4 is 5.91 Å². The number of alkyl halides is 3. The lowest BCUT2D eigenvalue weighted by Crippen LogP contribution is -2.46. The van der Waals surface area contributed by atoms with Gasteiger partial charge in [-0.3, -0.25) is 4.79 Å². The van der Waals surface area contributed by atoms with Crippen LogP contribution in [-0.2, 0) is 15.7 Å². The number of nitrogens with zero attached hydrogens (tertiary/aromatic N) is 1. The lowest BCUT2D eigenvalue weighted by Gasteiger charge is -2.31. The second-order valence-electron chi connectivity index (χ2n) is 4.80. The molecule has 2 rings (SSSR count). The normalized spacial score (nSPS) is 19.4. The number of hydrogen-bond donors (Lipinski definition) is 0. The minimum Gasteiger partial charge on any atom is -0.483 e. The van der Waals surface area contributed by atoms with E-state index in [2.05, 4.69) is 0 Å². The van der Waals surface area contributed by atoms with E-state index in [4.69, 9.17) is 9.47 Å². The minimum atomic E-state index is -4.51. The molecule has 1 aromatic carbocycles. The molecule has 0 spiro atoms. The van der Waals surface area contributed by atoms with Crippen molar-refractivity contribution in [3.8, 4) is 5.75 Å². The Bertz CT molecular complexity index is 504. The Balaban J connectivity index is 1.98. The Morgan fingerprint density at radius 1 is 1.43 bits per heavy atom. The Morgan fingerprint density at radius 2 is 2.14 bits per heavy atom. The van der Waals surface area contributed by atoms with Crippen LogP contribution in [-0.4, -0.2) is 43.2 Å². The third-order valence-electron chi connectivity index (χ3n) is 3.14. The van der Waals surface area contributed by atoms with Crippen molar-refractivity contribution < 1.29 is 27.4 Å². The maximum atomic E-state index is 12.8. The number of carbonyl (C=O) groups is 1. The smallest absolute Gasteiger partial charge is 0.419 e. The van der Waals surface area contributed by atoms with Crippen molar-refractivity contribution in [2.24, 2.45) is 0 Å². The second kappa shape index (κ2) is 6.34. The molecule has 7 heteroatoms. The zero-order valence-corrected chi connectivity index (χ0v) is 11.5. The maximum Gasteiger partial charge on any atom is 0.419 e. The van der Waals surface area contributed by atoms with Gasteiger partial charge in [-0.25, -0.2) is 0 Å². The van der Waals surface area contributed by atoms with Gasteiger partial charge in [0.1, 0.15) is 5.75 Å². The molecule has 21 heavy (non-hydrogen) atoms. The fraction of sp³-hybridized carbons (Fsp3) is 0.500. The number of rotatable bonds is 3. The van der Waals surface area contributed by atoms with Crippen molar-refractivity contribution in [3.63, 3.8) is 0 Å². The molecule has 1 aliphatic heterocycles. The van der Waals surface area contributed by atoms with Gasteiger partial charge >= 0.3 is 6.18 Å². The lowest BCUT2D eigenvalue weighted by atomic mass is 10.2. The summed E-state index contributed by atoms with van der Waals surface area (Å²) < 4.78 is 48.7. The number of ether oxygens (including phenoxy) is 2. The molecular formula is C14H16F3NO3. The summed E-state index contributed by atoms with van der Waals surface area (Å²) in [5.74, 6) is -0.679. The van der Waals surface area contributed by atoms with Crippen LogP contribution in [0.2, 0.25) is 0 Å². The maximum absolute atomic E-state index is 12.8. The van der Waals surface area contributed by atoms with Crippen LogP contribution >= 0.6 is 0 Å². The molecule has 116 valence electrons. The fourth-order valence-corrected chi connectivity index (χ4v) is 2.10. The molecule has 0 radical (unpaired) electrons. The quantitative estimate of drug-likeness (QED) is 0.860. The molecule has 1 unspecified atom stereocenters. The summed E-state index contributed by atoms with van der Waals surface area (Å²) in [5, 5.41) is 0. The Morgan fingerprint density at radius 3 is 2.81 bits per heavy atom. The highest BCUT2D eigenvalue weighted by Gasteiger charge is 2.34. The molecule has 1 aliphatic rings. The van der Waals surface area contributed by atoms with Crippen LogP contribution in [0.1, 0.15) is 12.5 Å². The first-order valence-electron chi connectivity index (χ1n) is 6.56. The van der Waals surface area contributed by atoms with Crippen LogP contribution < -0.4 is 4.74 Å². The van der Waals surface area contributed by atoms with Crippen LogP contribution in [0, 0.1) is 0 Å². The Labute approximate surface area is 120 Å². The van der Waals surface area contributed by atoms with Gasteiger partial charge in [0.15, 0.2) is 6.61 Å². The number of para-hydroxylation sites is 1. The molecule has 0 saturated carbocycles. The monoisotopic (exact) mass is 303 g/mol. The van der Waals surface area contributed by atoms with E-state index in [0.717, 1.165) is 6.07 Å². The fourth-order valence-electron chi connectivity index (χ4n) is 2.10. The number of amides is 1. The van der Waals surface area contributed by atoms with Gasteiger partial charge in [-0.05, 0) is 19.1 Å². The van der Waals surface area contributed by atoms with Crippen LogP contribution in [0.25, 0.3) is 0 Å². The van der Waals surface area contributed by atoms with E-state index in [1.807, 2.05) is 6.92 Å². The van der Waals surface area contributed by atoms with E-state index in [9.17, 15) is 18.0 Å². The molecule has 1 saturated heterocycles. The number of morpholine rings is 1. The molecule has 1 atom stereocenters. The molecule has 1 heterocycles. The van der Waals surface area contributed by atoms with Gasteiger partial charge in [0.2, 0.25) is 0 Å². The molecule has 4 nitrogen and oxygen atoms in total. The zero-order chi connectivity index (χ0) is 15.5. The van der Waals surface area contributed by atoms with Gasteiger partial charge in [0, 0.05) is 13.1 Å². The third-order valence-corrected chi connectivity index (χ3v) is 3.14. The number of halogens is 3. The van der Waals surface area contributed by atoms with E-state index in [-0.39, 0.29) is 17.8 Å². The highest BCUT2D eigenvalue weighted by molar-refractivity contribution is 5.78. The van der Waals surface area contributed by atoms with Crippen molar-refractivity contribution in [3.05, 3.63) is 29.8 Å². The highest BCUT2D eigenvalue weighted by atomic mass is 19.4.